The number of hydrogen-bond acceptors (Lipinski definition) is 5. The van der Waals surface area contributed by atoms with Gasteiger partial charge in [0.25, 0.3) is 0 Å². The van der Waals surface area contributed by atoms with Gasteiger partial charge < -0.3 is 14.8 Å². The molecule has 0 spiro atoms. The van der Waals surface area contributed by atoms with Gasteiger partial charge in [0.15, 0.2) is 0 Å². The highest BCUT2D eigenvalue weighted by Gasteiger charge is 2.30. The Kier molecular flexibility index (Phi) is 9.58. The lowest BCUT2D eigenvalue weighted by atomic mass is 10.2. The van der Waals surface area contributed by atoms with E-state index >= 15 is 0 Å². The van der Waals surface area contributed by atoms with Crippen LogP contribution in [-0.2, 0) is 12.7 Å². The minimum atomic E-state index is -4.43. The Morgan fingerprint density at radius 3 is 2.03 bits per heavy atom. The van der Waals surface area contributed by atoms with Crippen molar-refractivity contribution < 1.29 is 27.0 Å². The summed E-state index contributed by atoms with van der Waals surface area (Å²) in [6, 6.07) is 18.1. The molecule has 0 aliphatic carbocycles. The van der Waals surface area contributed by atoms with E-state index in [1.54, 1.807) is 56.6 Å². The third-order valence-corrected chi connectivity index (χ3v) is 4.38. The smallest absolute Gasteiger partial charge is 0.416 e. The summed E-state index contributed by atoms with van der Waals surface area (Å²) in [5.41, 5.74) is 0.127. The number of methoxy groups -OCH3 is 1. The molecule has 34 heavy (non-hydrogen) atoms. The van der Waals surface area contributed by atoms with E-state index in [-0.39, 0.29) is 29.6 Å². The summed E-state index contributed by atoms with van der Waals surface area (Å²) in [6.07, 6.45) is -4.43. The maximum Gasteiger partial charge on any atom is 0.416 e. The summed E-state index contributed by atoms with van der Waals surface area (Å²) < 4.78 is 61.5. The molecular weight excluding hydrogens is 474 g/mol. The molecule has 0 unspecified atom stereocenters. The molecule has 0 amide bonds. The van der Waals surface area contributed by atoms with Crippen LogP contribution in [0.2, 0.25) is 0 Å². The Morgan fingerprint density at radius 1 is 0.853 bits per heavy atom. The number of halogens is 5. The average Bonchev–Trinajstić information content (AvgIpc) is 2.80. The van der Waals surface area contributed by atoms with Crippen LogP contribution in [0.25, 0.3) is 11.0 Å². The van der Waals surface area contributed by atoms with E-state index < -0.39 is 11.7 Å². The number of rotatable bonds is 5. The van der Waals surface area contributed by atoms with Crippen molar-refractivity contribution in [2.24, 2.45) is 0 Å². The first-order valence-corrected chi connectivity index (χ1v) is 9.85. The van der Waals surface area contributed by atoms with Crippen LogP contribution < -0.4 is 14.8 Å². The van der Waals surface area contributed by atoms with Gasteiger partial charge in [-0.1, -0.05) is 18.2 Å². The molecule has 0 atom stereocenters. The van der Waals surface area contributed by atoms with Gasteiger partial charge in [-0.15, -0.1) is 12.4 Å². The van der Waals surface area contributed by atoms with Gasteiger partial charge in [0.1, 0.15) is 23.0 Å². The predicted molar refractivity (Wildman–Crippen MR) is 124 cm³/mol. The summed E-state index contributed by atoms with van der Waals surface area (Å²) in [6.45, 7) is 0.296. The fourth-order valence-electron chi connectivity index (χ4n) is 2.79. The molecule has 0 aliphatic heterocycles. The quantitative estimate of drug-likeness (QED) is 0.324. The van der Waals surface area contributed by atoms with E-state index in [0.717, 1.165) is 12.1 Å². The number of benzene rings is 3. The second-order valence-electron chi connectivity index (χ2n) is 6.78. The lowest BCUT2D eigenvalue weighted by Crippen LogP contribution is -2.10. The molecule has 0 aliphatic rings. The van der Waals surface area contributed by atoms with Crippen molar-refractivity contribution in [1.82, 2.24) is 15.3 Å². The van der Waals surface area contributed by atoms with Gasteiger partial charge in [0.2, 0.25) is 5.88 Å². The number of hydrogen-bond donors (Lipinski definition) is 1. The van der Waals surface area contributed by atoms with Crippen molar-refractivity contribution in [2.75, 3.05) is 14.2 Å². The van der Waals surface area contributed by atoms with Gasteiger partial charge in [-0.05, 0) is 61.6 Å². The van der Waals surface area contributed by atoms with E-state index in [0.29, 0.717) is 29.3 Å². The Bertz CT molecular complexity index is 1190. The minimum absolute atomic E-state index is 0. The van der Waals surface area contributed by atoms with Crippen molar-refractivity contribution in [3.63, 3.8) is 0 Å². The van der Waals surface area contributed by atoms with Crippen LogP contribution in [0.3, 0.4) is 0 Å². The van der Waals surface area contributed by atoms with Crippen LogP contribution in [-0.4, -0.2) is 24.1 Å². The van der Waals surface area contributed by atoms with Gasteiger partial charge in [-0.2, -0.15) is 13.2 Å². The molecule has 5 nitrogen and oxygen atoms in total. The SMILES string of the molecule is CNCc1nc2cc(C(F)(F)F)ccc2nc1Oc1ccc(OC)cc1.Cl.Fc1ccccc1. The zero-order valence-electron chi connectivity index (χ0n) is 18.3. The van der Waals surface area contributed by atoms with Crippen molar-refractivity contribution in [1.29, 1.82) is 0 Å². The van der Waals surface area contributed by atoms with E-state index in [9.17, 15) is 17.6 Å². The van der Waals surface area contributed by atoms with Gasteiger partial charge in [0.05, 0.1) is 23.7 Å². The molecule has 0 bridgehead atoms. The number of alkyl halides is 3. The molecule has 4 rings (SSSR count). The van der Waals surface area contributed by atoms with E-state index in [1.165, 1.54) is 18.2 Å². The van der Waals surface area contributed by atoms with E-state index in [4.69, 9.17) is 9.47 Å². The number of nitrogens with zero attached hydrogens (tertiary/aromatic N) is 2. The van der Waals surface area contributed by atoms with Crippen molar-refractivity contribution >= 4 is 23.4 Å². The lowest BCUT2D eigenvalue weighted by Gasteiger charge is -2.12. The topological polar surface area (TPSA) is 56.3 Å². The second-order valence-corrected chi connectivity index (χ2v) is 6.78. The third kappa shape index (κ3) is 7.29. The molecule has 0 saturated heterocycles. The van der Waals surface area contributed by atoms with E-state index in [2.05, 4.69) is 15.3 Å². The molecule has 180 valence electrons. The Balaban J connectivity index is 0.000000439. The van der Waals surface area contributed by atoms with Crippen LogP contribution in [0.5, 0.6) is 17.4 Å². The standard InChI is InChI=1S/C18H16F3N3O2.C6H5F.ClH/c1-22-10-16-17(26-13-6-4-12(25-2)5-7-13)24-14-8-3-11(18(19,20)21)9-15(14)23-16;7-6-4-2-1-3-5-6;/h3-9,22H,10H2,1-2H3;1-5H;1H. The lowest BCUT2D eigenvalue weighted by molar-refractivity contribution is -0.137. The van der Waals surface area contributed by atoms with Crippen molar-refractivity contribution in [2.45, 2.75) is 12.7 Å². The summed E-state index contributed by atoms with van der Waals surface area (Å²) in [5, 5.41) is 2.91. The zero-order valence-corrected chi connectivity index (χ0v) is 19.1. The molecule has 3 aromatic carbocycles. The Hall–Kier alpha value is -3.43. The van der Waals surface area contributed by atoms with Crippen molar-refractivity contribution in [3.05, 3.63) is 89.9 Å². The molecule has 4 aromatic rings. The molecular formula is C24H22ClF4N3O2. The van der Waals surface area contributed by atoms with E-state index in [1.807, 2.05) is 0 Å². The Morgan fingerprint density at radius 2 is 1.50 bits per heavy atom. The molecule has 1 heterocycles. The molecule has 1 aromatic heterocycles. The fourth-order valence-corrected chi connectivity index (χ4v) is 2.79. The molecule has 10 heteroatoms. The largest absolute Gasteiger partial charge is 0.497 e. The molecule has 0 radical (unpaired) electrons. The maximum atomic E-state index is 12.9. The third-order valence-electron chi connectivity index (χ3n) is 4.38. The number of aromatic nitrogens is 2. The molecule has 0 saturated carbocycles. The van der Waals surface area contributed by atoms with Crippen LogP contribution in [0.1, 0.15) is 11.3 Å². The van der Waals surface area contributed by atoms with Crippen LogP contribution in [0, 0.1) is 5.82 Å². The highest BCUT2D eigenvalue weighted by atomic mass is 35.5. The number of fused-ring (bicyclic) bond motifs is 1. The van der Waals surface area contributed by atoms with Gasteiger partial charge in [-0.3, -0.25) is 0 Å². The normalized spacial score (nSPS) is 10.6. The molecule has 0 fully saturated rings. The fraction of sp³-hybridized carbons (Fsp3) is 0.167. The van der Waals surface area contributed by atoms with Crippen LogP contribution >= 0.6 is 12.4 Å². The number of nitrogens with one attached hydrogen (secondary N) is 1. The highest BCUT2D eigenvalue weighted by molar-refractivity contribution is 5.85. The van der Waals surface area contributed by atoms with Crippen LogP contribution in [0.15, 0.2) is 72.8 Å². The average molecular weight is 496 g/mol. The summed E-state index contributed by atoms with van der Waals surface area (Å²) in [7, 11) is 3.26. The Labute approximate surface area is 200 Å². The first kappa shape index (κ1) is 26.8. The van der Waals surface area contributed by atoms with Crippen LogP contribution in [0.4, 0.5) is 17.6 Å². The predicted octanol–water partition coefficient (Wildman–Crippen LogP) is 6.42. The zero-order chi connectivity index (χ0) is 23.8. The minimum Gasteiger partial charge on any atom is -0.497 e. The number of ether oxygens (including phenoxy) is 2. The summed E-state index contributed by atoms with van der Waals surface area (Å²) in [4.78, 5) is 8.63. The van der Waals surface area contributed by atoms with Gasteiger partial charge in [0, 0.05) is 6.54 Å². The first-order valence-electron chi connectivity index (χ1n) is 9.85. The first-order chi connectivity index (χ1) is 15.8. The summed E-state index contributed by atoms with van der Waals surface area (Å²) >= 11 is 0. The molecule has 1 N–H and O–H groups in total. The summed E-state index contributed by atoms with van der Waals surface area (Å²) in [5.74, 6) is 1.25. The van der Waals surface area contributed by atoms with Gasteiger partial charge in [-0.25, -0.2) is 14.4 Å². The second kappa shape index (κ2) is 12.2. The van der Waals surface area contributed by atoms with Gasteiger partial charge >= 0.3 is 6.18 Å². The maximum absolute atomic E-state index is 12.9. The monoisotopic (exact) mass is 495 g/mol. The highest BCUT2D eigenvalue weighted by Crippen LogP contribution is 2.32. The van der Waals surface area contributed by atoms with Crippen molar-refractivity contribution in [3.8, 4) is 17.4 Å².